The Balaban J connectivity index is 1.89. The van der Waals surface area contributed by atoms with Gasteiger partial charge >= 0.3 is 0 Å². The Morgan fingerprint density at radius 1 is 1.10 bits per heavy atom. The predicted octanol–water partition coefficient (Wildman–Crippen LogP) is 4.33. The summed E-state index contributed by atoms with van der Waals surface area (Å²) in [7, 11) is 1.61. The SMILES string of the molecule is CNC(=O)C(N[C@H](CCc1cnc(Cl)cn1)c1ccc(F)c(C)c1)c1ccccc1. The van der Waals surface area contributed by atoms with Crippen molar-refractivity contribution < 1.29 is 9.18 Å². The molecule has 2 atom stereocenters. The highest BCUT2D eigenvalue weighted by Crippen LogP contribution is 2.26. The molecule has 2 N–H and O–H groups in total. The molecule has 156 valence electrons. The molecule has 1 heterocycles. The number of benzene rings is 2. The lowest BCUT2D eigenvalue weighted by atomic mass is 9.96. The number of amides is 1. The Hall–Kier alpha value is -2.83. The number of carbonyl (C=O) groups is 1. The van der Waals surface area contributed by atoms with Crippen LogP contribution in [-0.2, 0) is 11.2 Å². The number of halogens is 2. The number of rotatable bonds is 8. The van der Waals surface area contributed by atoms with E-state index in [9.17, 15) is 9.18 Å². The standard InChI is InChI=1S/C23H24ClFN4O/c1-15-12-17(8-10-19(15)25)20(11-9-18-13-28-21(24)14-27-18)29-22(23(30)26-2)16-6-4-3-5-7-16/h3-8,10,12-14,20,22,29H,9,11H2,1-2H3,(H,26,30)/t20-,22?/m1/s1. The van der Waals surface area contributed by atoms with Crippen molar-refractivity contribution in [3.05, 3.63) is 94.3 Å². The number of hydrogen-bond acceptors (Lipinski definition) is 4. The number of aryl methyl sites for hydroxylation is 2. The van der Waals surface area contributed by atoms with E-state index in [0.717, 1.165) is 16.8 Å². The fourth-order valence-electron chi connectivity index (χ4n) is 3.31. The van der Waals surface area contributed by atoms with Gasteiger partial charge in [-0.25, -0.2) is 9.37 Å². The summed E-state index contributed by atoms with van der Waals surface area (Å²) in [6.07, 6.45) is 4.41. The van der Waals surface area contributed by atoms with Crippen molar-refractivity contribution in [2.24, 2.45) is 0 Å². The Bertz CT molecular complexity index is 982. The van der Waals surface area contributed by atoms with Crippen LogP contribution in [0.15, 0.2) is 60.9 Å². The summed E-state index contributed by atoms with van der Waals surface area (Å²) < 4.78 is 13.8. The van der Waals surface area contributed by atoms with E-state index in [0.29, 0.717) is 23.6 Å². The van der Waals surface area contributed by atoms with Crippen LogP contribution in [-0.4, -0.2) is 22.9 Å². The molecule has 7 heteroatoms. The van der Waals surface area contributed by atoms with Crippen LogP contribution in [0.4, 0.5) is 4.39 Å². The molecule has 3 rings (SSSR count). The molecular weight excluding hydrogens is 403 g/mol. The number of nitrogens with one attached hydrogen (secondary N) is 2. The smallest absolute Gasteiger partial charge is 0.241 e. The molecule has 2 aromatic carbocycles. The van der Waals surface area contributed by atoms with Gasteiger partial charge in [-0.2, -0.15) is 0 Å². The van der Waals surface area contributed by atoms with Gasteiger partial charge in [-0.1, -0.05) is 54.1 Å². The summed E-state index contributed by atoms with van der Waals surface area (Å²) in [5.74, 6) is -0.400. The van der Waals surface area contributed by atoms with Crippen molar-refractivity contribution in [3.63, 3.8) is 0 Å². The molecule has 5 nitrogen and oxygen atoms in total. The lowest BCUT2D eigenvalue weighted by Crippen LogP contribution is -2.38. The molecule has 0 aliphatic rings. The molecule has 3 aromatic rings. The lowest BCUT2D eigenvalue weighted by molar-refractivity contribution is -0.123. The molecular formula is C23H24ClFN4O. The van der Waals surface area contributed by atoms with Gasteiger partial charge in [0.15, 0.2) is 0 Å². The first-order chi connectivity index (χ1) is 14.5. The van der Waals surface area contributed by atoms with Crippen molar-refractivity contribution in [1.29, 1.82) is 0 Å². The van der Waals surface area contributed by atoms with Crippen LogP contribution >= 0.6 is 11.6 Å². The van der Waals surface area contributed by atoms with Gasteiger partial charge in [-0.3, -0.25) is 15.1 Å². The van der Waals surface area contributed by atoms with E-state index in [1.807, 2.05) is 36.4 Å². The van der Waals surface area contributed by atoms with E-state index >= 15 is 0 Å². The third-order valence-corrected chi connectivity index (χ3v) is 5.15. The molecule has 0 aliphatic heterocycles. The van der Waals surface area contributed by atoms with Crippen LogP contribution in [0.3, 0.4) is 0 Å². The zero-order valence-corrected chi connectivity index (χ0v) is 17.7. The second-order valence-corrected chi connectivity index (χ2v) is 7.44. The highest BCUT2D eigenvalue weighted by molar-refractivity contribution is 6.29. The number of nitrogens with zero attached hydrogens (tertiary/aromatic N) is 2. The van der Waals surface area contributed by atoms with Crippen LogP contribution in [0.1, 0.15) is 40.9 Å². The maximum atomic E-state index is 13.8. The van der Waals surface area contributed by atoms with E-state index in [2.05, 4.69) is 20.6 Å². The number of carbonyl (C=O) groups excluding carboxylic acids is 1. The number of hydrogen-bond donors (Lipinski definition) is 2. The van der Waals surface area contributed by atoms with E-state index in [4.69, 9.17) is 11.6 Å². The van der Waals surface area contributed by atoms with Crippen molar-refractivity contribution in [2.45, 2.75) is 31.8 Å². The van der Waals surface area contributed by atoms with Crippen molar-refractivity contribution in [1.82, 2.24) is 20.6 Å². The van der Waals surface area contributed by atoms with Gasteiger partial charge in [-0.15, -0.1) is 0 Å². The van der Waals surface area contributed by atoms with Gasteiger partial charge in [0.25, 0.3) is 0 Å². The Kier molecular flexibility index (Phi) is 7.49. The van der Waals surface area contributed by atoms with Gasteiger partial charge in [0, 0.05) is 13.1 Å². The van der Waals surface area contributed by atoms with E-state index in [1.165, 1.54) is 12.3 Å². The Labute approximate surface area is 180 Å². The van der Waals surface area contributed by atoms with Gasteiger partial charge in [0.2, 0.25) is 5.91 Å². The molecule has 0 saturated carbocycles. The Morgan fingerprint density at radius 2 is 1.87 bits per heavy atom. The second-order valence-electron chi connectivity index (χ2n) is 7.05. The van der Waals surface area contributed by atoms with E-state index < -0.39 is 6.04 Å². The minimum Gasteiger partial charge on any atom is -0.358 e. The summed E-state index contributed by atoms with van der Waals surface area (Å²) in [5, 5.41) is 6.52. The molecule has 1 aromatic heterocycles. The molecule has 30 heavy (non-hydrogen) atoms. The first kappa shape index (κ1) is 21.9. The summed E-state index contributed by atoms with van der Waals surface area (Å²) in [6.45, 7) is 1.73. The van der Waals surface area contributed by atoms with Crippen LogP contribution in [0.25, 0.3) is 0 Å². The highest BCUT2D eigenvalue weighted by atomic mass is 35.5. The monoisotopic (exact) mass is 426 g/mol. The van der Waals surface area contributed by atoms with Gasteiger partial charge in [0.1, 0.15) is 17.0 Å². The number of likely N-dealkylation sites (N-methyl/N-ethyl adjacent to an activating group) is 1. The summed E-state index contributed by atoms with van der Waals surface area (Å²) in [4.78, 5) is 21.0. The summed E-state index contributed by atoms with van der Waals surface area (Å²) in [6, 6.07) is 13.8. The van der Waals surface area contributed by atoms with Crippen molar-refractivity contribution >= 4 is 17.5 Å². The largest absolute Gasteiger partial charge is 0.358 e. The molecule has 0 spiro atoms. The quantitative estimate of drug-likeness (QED) is 0.562. The summed E-state index contributed by atoms with van der Waals surface area (Å²) in [5.41, 5.74) is 3.11. The maximum Gasteiger partial charge on any atom is 0.241 e. The molecule has 0 bridgehead atoms. The van der Waals surface area contributed by atoms with Crippen LogP contribution in [0.5, 0.6) is 0 Å². The Morgan fingerprint density at radius 3 is 2.50 bits per heavy atom. The lowest BCUT2D eigenvalue weighted by Gasteiger charge is -2.26. The zero-order valence-electron chi connectivity index (χ0n) is 16.9. The van der Waals surface area contributed by atoms with Gasteiger partial charge in [0.05, 0.1) is 18.1 Å². The van der Waals surface area contributed by atoms with Crippen LogP contribution in [0.2, 0.25) is 5.15 Å². The zero-order chi connectivity index (χ0) is 21.5. The minimum absolute atomic E-state index is 0.142. The van der Waals surface area contributed by atoms with Gasteiger partial charge in [-0.05, 0) is 42.5 Å². The van der Waals surface area contributed by atoms with Crippen LogP contribution in [0, 0.1) is 12.7 Å². The molecule has 1 amide bonds. The van der Waals surface area contributed by atoms with Crippen molar-refractivity contribution in [2.75, 3.05) is 7.05 Å². The normalized spacial score (nSPS) is 12.9. The molecule has 0 fully saturated rings. The minimum atomic E-state index is -0.553. The third kappa shape index (κ3) is 5.62. The molecule has 1 unspecified atom stereocenters. The third-order valence-electron chi connectivity index (χ3n) is 4.96. The first-order valence-corrected chi connectivity index (χ1v) is 10.1. The van der Waals surface area contributed by atoms with Crippen molar-refractivity contribution in [3.8, 4) is 0 Å². The fourth-order valence-corrected chi connectivity index (χ4v) is 3.40. The maximum absolute atomic E-state index is 13.8. The highest BCUT2D eigenvalue weighted by Gasteiger charge is 2.24. The van der Waals surface area contributed by atoms with E-state index in [-0.39, 0.29) is 17.8 Å². The molecule has 0 radical (unpaired) electrons. The fraction of sp³-hybridized carbons (Fsp3) is 0.261. The predicted molar refractivity (Wildman–Crippen MR) is 116 cm³/mol. The molecule has 0 saturated heterocycles. The average molecular weight is 427 g/mol. The molecule has 0 aliphatic carbocycles. The number of aromatic nitrogens is 2. The first-order valence-electron chi connectivity index (χ1n) is 9.73. The van der Waals surface area contributed by atoms with Gasteiger partial charge < -0.3 is 5.32 Å². The topological polar surface area (TPSA) is 66.9 Å². The average Bonchev–Trinajstić information content (AvgIpc) is 2.77. The van der Waals surface area contributed by atoms with E-state index in [1.54, 1.807) is 26.2 Å². The van der Waals surface area contributed by atoms with Crippen LogP contribution < -0.4 is 10.6 Å². The summed E-state index contributed by atoms with van der Waals surface area (Å²) >= 11 is 5.82. The second kappa shape index (κ2) is 10.3.